The maximum atomic E-state index is 8.58. The van der Waals surface area contributed by atoms with Gasteiger partial charge in [0, 0.05) is 0 Å². The normalized spacial score (nSPS) is 4.33. The minimum atomic E-state index is -2.51. The van der Waals surface area contributed by atoms with E-state index in [0.29, 0.717) is 0 Å². The summed E-state index contributed by atoms with van der Waals surface area (Å²) in [5.74, 6) is 0. The number of hydrogen-bond acceptors (Lipinski definition) is 5. The van der Waals surface area contributed by atoms with E-state index < -0.39 is 27.8 Å². The second-order valence-corrected chi connectivity index (χ2v) is 1.02. The number of hydrogen-bond donors (Lipinski definition) is 2. The molecule has 0 aliphatic heterocycles. The Labute approximate surface area is 53.6 Å². The molecule has 0 amide bonds. The molecule has 0 aromatic carbocycles. The summed E-state index contributed by atoms with van der Waals surface area (Å²) in [6.07, 6.45) is 0. The van der Waals surface area contributed by atoms with Crippen LogP contribution in [0.5, 0.6) is 0 Å². The van der Waals surface area contributed by atoms with E-state index in [1.165, 1.54) is 0 Å². The third kappa shape index (κ3) is 89.1. The van der Waals surface area contributed by atoms with Gasteiger partial charge in [-0.15, -0.1) is 0 Å². The first-order chi connectivity index (χ1) is 2.83. The second-order valence-electron chi connectivity index (χ2n) is 0.165. The molecule has 0 aliphatic rings. The molecule has 0 spiro atoms. The van der Waals surface area contributed by atoms with E-state index in [-0.39, 0.29) is 12.3 Å². The molecule has 0 unspecified atom stereocenters. The Morgan fingerprint density at radius 3 is 1.33 bits per heavy atom. The first-order valence-corrected chi connectivity index (χ1v) is 4.90. The zero-order chi connectivity index (χ0) is 5.41. The fourth-order valence-corrected chi connectivity index (χ4v) is 0. The van der Waals surface area contributed by atoms with Crippen molar-refractivity contribution in [2.24, 2.45) is 0 Å². The molecule has 0 heterocycles. The van der Waals surface area contributed by atoms with Crippen molar-refractivity contribution in [2.75, 3.05) is 0 Å². The van der Waals surface area contributed by atoms with Crippen LogP contribution in [0.3, 0.4) is 0 Å². The maximum absolute atomic E-state index is 8.58. The third-order valence-electron chi connectivity index (χ3n) is 0. The summed E-state index contributed by atoms with van der Waals surface area (Å²) in [4.78, 5) is 0. The fraction of sp³-hybridized carbons (Fsp3) is 0. The summed E-state index contributed by atoms with van der Waals surface area (Å²) < 4.78 is 31.3. The Balaban J connectivity index is 0. The van der Waals surface area contributed by atoms with Crippen molar-refractivity contribution in [3.05, 3.63) is 0 Å². The molecule has 6 heavy (non-hydrogen) atoms. The topological polar surface area (TPSA) is 74.6 Å². The van der Waals surface area contributed by atoms with E-state index in [9.17, 15) is 0 Å². The molecule has 0 rings (SSSR count). The second kappa shape index (κ2) is 16.8. The van der Waals surface area contributed by atoms with Gasteiger partial charge >= 0.3 is 32.3 Å². The van der Waals surface area contributed by atoms with E-state index >= 15 is 0 Å². The average Bonchev–Trinajstić information content (AvgIpc) is 1.39. The van der Waals surface area contributed by atoms with Crippen LogP contribution in [0.1, 0.15) is 0 Å². The molecule has 6 heteroatoms. The standard InChI is InChI=1S/H2O2S.2O.U/c1-3-2;;;/h1-2H;;;/q;;;+2. The van der Waals surface area contributed by atoms with Crippen molar-refractivity contribution in [1.82, 2.24) is 0 Å². The SMILES string of the molecule is OSO.[O]=[U+2]=[O]. The molecule has 0 atom stereocenters. The Morgan fingerprint density at radius 1 is 1.33 bits per heavy atom. The van der Waals surface area contributed by atoms with Crippen molar-refractivity contribution >= 4 is 12.3 Å². The van der Waals surface area contributed by atoms with Gasteiger partial charge in [0.25, 0.3) is 0 Å². The van der Waals surface area contributed by atoms with Crippen molar-refractivity contribution in [3.8, 4) is 0 Å². The van der Waals surface area contributed by atoms with Gasteiger partial charge in [0.15, 0.2) is 12.3 Å². The van der Waals surface area contributed by atoms with E-state index in [4.69, 9.17) is 13.6 Å². The molecule has 34 valence electrons. The Hall–Kier alpha value is 0.922. The zero-order valence-corrected chi connectivity index (χ0v) is 7.60. The van der Waals surface area contributed by atoms with Gasteiger partial charge in [-0.3, -0.25) is 0 Å². The van der Waals surface area contributed by atoms with Crippen LogP contribution in [0, 0.1) is 27.8 Å². The van der Waals surface area contributed by atoms with Crippen molar-refractivity contribution in [3.63, 3.8) is 0 Å². The number of rotatable bonds is 0. The van der Waals surface area contributed by atoms with Gasteiger partial charge in [-0.05, 0) is 0 Å². The van der Waals surface area contributed by atoms with Gasteiger partial charge < -0.3 is 9.11 Å². The molecule has 0 aromatic heterocycles. The molecule has 0 aliphatic carbocycles. The zero-order valence-electron chi connectivity index (χ0n) is 2.62. The molecule has 0 saturated heterocycles. The van der Waals surface area contributed by atoms with Crippen LogP contribution in [0.2, 0.25) is 0 Å². The summed E-state index contributed by atoms with van der Waals surface area (Å²) in [5, 5.41) is 0. The molecule has 0 saturated carbocycles. The molecule has 2 N–H and O–H groups in total. The summed E-state index contributed by atoms with van der Waals surface area (Å²) in [5.41, 5.74) is 0. The van der Waals surface area contributed by atoms with E-state index in [0.717, 1.165) is 0 Å². The van der Waals surface area contributed by atoms with E-state index in [1.807, 2.05) is 0 Å². The van der Waals surface area contributed by atoms with Crippen LogP contribution in [-0.2, 0) is 4.47 Å². The van der Waals surface area contributed by atoms with Crippen molar-refractivity contribution < 1.29 is 41.4 Å². The van der Waals surface area contributed by atoms with Gasteiger partial charge in [0.2, 0.25) is 0 Å². The first-order valence-electron chi connectivity index (χ1n) is 0.773. The Kier molecular flexibility index (Phi) is 28.1. The van der Waals surface area contributed by atoms with Gasteiger partial charge in [-0.1, -0.05) is 0 Å². The quantitative estimate of drug-likeness (QED) is 0.628. The molecular weight excluding hydrogens is 334 g/mol. The monoisotopic (exact) mass is 336 g/mol. The predicted molar refractivity (Wildman–Crippen MR) is 14.2 cm³/mol. The Morgan fingerprint density at radius 2 is 1.33 bits per heavy atom. The third-order valence-corrected chi connectivity index (χ3v) is 0. The van der Waals surface area contributed by atoms with Crippen molar-refractivity contribution in [1.29, 1.82) is 0 Å². The molecule has 0 bridgehead atoms. The molecule has 0 radical (unpaired) electrons. The van der Waals surface area contributed by atoms with Crippen LogP contribution in [-0.4, -0.2) is 9.11 Å². The van der Waals surface area contributed by atoms with Crippen LogP contribution in [0.15, 0.2) is 0 Å². The van der Waals surface area contributed by atoms with E-state index in [2.05, 4.69) is 0 Å². The summed E-state index contributed by atoms with van der Waals surface area (Å²) in [7, 11) is 0. The minimum absolute atomic E-state index is 0.250. The van der Waals surface area contributed by atoms with Crippen LogP contribution < -0.4 is 0 Å². The van der Waals surface area contributed by atoms with Crippen LogP contribution >= 0.6 is 12.3 Å². The van der Waals surface area contributed by atoms with E-state index in [1.54, 1.807) is 0 Å². The Bertz CT molecular complexity index is 36.8. The van der Waals surface area contributed by atoms with Gasteiger partial charge in [0.1, 0.15) is 0 Å². The molecule has 4 nitrogen and oxygen atoms in total. The van der Waals surface area contributed by atoms with Gasteiger partial charge in [-0.2, -0.15) is 0 Å². The fourth-order valence-electron chi connectivity index (χ4n) is 0. The predicted octanol–water partition coefficient (Wildman–Crippen LogP) is 0.428. The first kappa shape index (κ1) is 10.0. The van der Waals surface area contributed by atoms with Crippen LogP contribution in [0.25, 0.3) is 0 Å². The summed E-state index contributed by atoms with van der Waals surface area (Å²) in [6.45, 7) is 0. The molecular formula is H2O4SU+2. The summed E-state index contributed by atoms with van der Waals surface area (Å²) in [6, 6.07) is 0. The summed E-state index contributed by atoms with van der Waals surface area (Å²) >= 11 is -2.76. The molecule has 0 fully saturated rings. The van der Waals surface area contributed by atoms with Gasteiger partial charge in [0.05, 0.1) is 0 Å². The van der Waals surface area contributed by atoms with Crippen molar-refractivity contribution in [2.45, 2.75) is 0 Å². The average molecular weight is 336 g/mol. The van der Waals surface area contributed by atoms with Gasteiger partial charge in [-0.25, -0.2) is 0 Å². The molecule has 0 aromatic rings. The van der Waals surface area contributed by atoms with Crippen LogP contribution in [0.4, 0.5) is 0 Å².